The quantitative estimate of drug-likeness (QED) is 0.229. The minimum absolute atomic E-state index is 0.0900. The standard InChI is InChI=1S/C36H42N6O3/c1-41-17-19-42(20-18-41)16-6-15-37-36-38-24-27-23-31(29-7-4-5-8-30(29)35(27)40-36)26-10-12-28(13-11-26)39-34(43)22-25-9-14-32(44-2)33(21-25)45-3/h4-5,7-14,21,24,31H,6,15-20,22-23H2,1-3H3,(H,39,43)(H,37,38,40). The molecule has 0 spiro atoms. The number of hydrogen-bond acceptors (Lipinski definition) is 8. The molecule has 1 saturated heterocycles. The zero-order chi connectivity index (χ0) is 31.2. The minimum Gasteiger partial charge on any atom is -0.493 e. The second kappa shape index (κ2) is 14.1. The molecule has 1 aromatic heterocycles. The van der Waals surface area contributed by atoms with E-state index < -0.39 is 0 Å². The SMILES string of the molecule is COc1ccc(CC(=O)Nc2ccc(C3Cc4cnc(NCCCN5CCN(C)CC5)nc4-c4ccccc43)cc2)cc1OC. The molecule has 2 N–H and O–H groups in total. The number of carbonyl (C=O) groups excluding carboxylic acids is 1. The highest BCUT2D eigenvalue weighted by Crippen LogP contribution is 2.42. The van der Waals surface area contributed by atoms with Crippen LogP contribution in [0.5, 0.6) is 11.5 Å². The Kier molecular flexibility index (Phi) is 9.57. The van der Waals surface area contributed by atoms with Crippen molar-refractivity contribution in [3.63, 3.8) is 0 Å². The first kappa shape index (κ1) is 30.6. The van der Waals surface area contributed by atoms with Gasteiger partial charge in [-0.15, -0.1) is 0 Å². The fourth-order valence-corrected chi connectivity index (χ4v) is 6.27. The fraction of sp³-hybridized carbons (Fsp3) is 0.361. The molecule has 2 heterocycles. The normalized spacial score (nSPS) is 16.4. The van der Waals surface area contributed by atoms with Crippen molar-refractivity contribution < 1.29 is 14.3 Å². The summed E-state index contributed by atoms with van der Waals surface area (Å²) in [6, 6.07) is 22.2. The number of methoxy groups -OCH3 is 2. The van der Waals surface area contributed by atoms with Crippen molar-refractivity contribution in [2.45, 2.75) is 25.2 Å². The van der Waals surface area contributed by atoms with Crippen LogP contribution in [0.2, 0.25) is 0 Å². The Morgan fingerprint density at radius 1 is 0.956 bits per heavy atom. The van der Waals surface area contributed by atoms with E-state index in [1.165, 1.54) is 11.1 Å². The molecular weight excluding hydrogens is 564 g/mol. The number of hydrogen-bond donors (Lipinski definition) is 2. The first-order valence-corrected chi connectivity index (χ1v) is 15.7. The molecule has 234 valence electrons. The molecule has 3 aromatic carbocycles. The Labute approximate surface area is 265 Å². The average molecular weight is 607 g/mol. The Morgan fingerprint density at radius 2 is 1.73 bits per heavy atom. The molecule has 1 atom stereocenters. The van der Waals surface area contributed by atoms with E-state index in [0.29, 0.717) is 17.4 Å². The number of nitrogens with zero attached hydrogens (tertiary/aromatic N) is 4. The summed E-state index contributed by atoms with van der Waals surface area (Å²) >= 11 is 0. The number of nitrogens with one attached hydrogen (secondary N) is 2. The third-order valence-corrected chi connectivity index (χ3v) is 8.82. The van der Waals surface area contributed by atoms with Gasteiger partial charge in [-0.05, 0) is 73.0 Å². The molecule has 6 rings (SSSR count). The number of rotatable bonds is 11. The predicted molar refractivity (Wildman–Crippen MR) is 178 cm³/mol. The Bertz CT molecular complexity index is 1620. The Hall–Kier alpha value is -4.47. The van der Waals surface area contributed by atoms with Gasteiger partial charge < -0.3 is 29.9 Å². The van der Waals surface area contributed by atoms with Gasteiger partial charge in [-0.2, -0.15) is 0 Å². The summed E-state index contributed by atoms with van der Waals surface area (Å²) in [5.74, 6) is 2.02. The van der Waals surface area contributed by atoms with E-state index in [-0.39, 0.29) is 18.2 Å². The van der Waals surface area contributed by atoms with E-state index in [9.17, 15) is 4.79 Å². The summed E-state index contributed by atoms with van der Waals surface area (Å²) in [5, 5.41) is 6.49. The number of likely N-dealkylation sites (N-methyl/N-ethyl adjacent to an activating group) is 1. The molecule has 45 heavy (non-hydrogen) atoms. The van der Waals surface area contributed by atoms with Gasteiger partial charge in [0, 0.05) is 56.1 Å². The van der Waals surface area contributed by atoms with Gasteiger partial charge in [0.25, 0.3) is 0 Å². The number of benzene rings is 3. The van der Waals surface area contributed by atoms with Crippen molar-refractivity contribution in [3.05, 3.63) is 95.2 Å². The lowest BCUT2D eigenvalue weighted by Crippen LogP contribution is -2.44. The van der Waals surface area contributed by atoms with Crippen LogP contribution >= 0.6 is 0 Å². The molecule has 9 heteroatoms. The zero-order valence-corrected chi connectivity index (χ0v) is 26.4. The highest BCUT2D eigenvalue weighted by Gasteiger charge is 2.27. The summed E-state index contributed by atoms with van der Waals surface area (Å²) in [4.78, 5) is 27.4. The average Bonchev–Trinajstić information content (AvgIpc) is 3.07. The number of ether oxygens (including phenoxy) is 2. The molecule has 4 aromatic rings. The molecule has 1 amide bonds. The predicted octanol–water partition coefficient (Wildman–Crippen LogP) is 5.08. The monoisotopic (exact) mass is 606 g/mol. The fourth-order valence-electron chi connectivity index (χ4n) is 6.27. The summed E-state index contributed by atoms with van der Waals surface area (Å²) in [5.41, 5.74) is 7.38. The molecule has 1 unspecified atom stereocenters. The van der Waals surface area contributed by atoms with Gasteiger partial charge in [-0.1, -0.05) is 42.5 Å². The third kappa shape index (κ3) is 7.27. The molecule has 9 nitrogen and oxygen atoms in total. The third-order valence-electron chi connectivity index (χ3n) is 8.82. The summed E-state index contributed by atoms with van der Waals surface area (Å²) in [6.07, 6.45) is 4.11. The van der Waals surface area contributed by atoms with E-state index in [1.807, 2.05) is 36.5 Å². The number of fused-ring (bicyclic) bond motifs is 3. The van der Waals surface area contributed by atoms with Crippen LogP contribution in [-0.4, -0.2) is 86.2 Å². The summed E-state index contributed by atoms with van der Waals surface area (Å²) in [6.45, 7) is 6.51. The van der Waals surface area contributed by atoms with E-state index in [4.69, 9.17) is 14.5 Å². The van der Waals surface area contributed by atoms with Crippen molar-refractivity contribution in [1.29, 1.82) is 0 Å². The maximum Gasteiger partial charge on any atom is 0.228 e. The van der Waals surface area contributed by atoms with Gasteiger partial charge in [0.15, 0.2) is 11.5 Å². The van der Waals surface area contributed by atoms with Crippen LogP contribution in [0.1, 0.15) is 34.6 Å². The number of amides is 1. The van der Waals surface area contributed by atoms with Gasteiger partial charge in [0.2, 0.25) is 11.9 Å². The zero-order valence-electron chi connectivity index (χ0n) is 26.4. The Morgan fingerprint density at radius 3 is 2.51 bits per heavy atom. The lowest BCUT2D eigenvalue weighted by atomic mass is 9.78. The topological polar surface area (TPSA) is 91.8 Å². The lowest BCUT2D eigenvalue weighted by Gasteiger charge is -2.32. The van der Waals surface area contributed by atoms with E-state index in [1.54, 1.807) is 14.2 Å². The van der Waals surface area contributed by atoms with Gasteiger partial charge in [0.1, 0.15) is 0 Å². The number of aromatic nitrogens is 2. The molecule has 1 aliphatic heterocycles. The summed E-state index contributed by atoms with van der Waals surface area (Å²) < 4.78 is 10.7. The first-order chi connectivity index (χ1) is 22.0. The molecule has 0 saturated carbocycles. The minimum atomic E-state index is -0.0900. The highest BCUT2D eigenvalue weighted by atomic mass is 16.5. The largest absolute Gasteiger partial charge is 0.493 e. The molecule has 0 radical (unpaired) electrons. The molecule has 2 aliphatic rings. The van der Waals surface area contributed by atoms with Crippen molar-refractivity contribution >= 4 is 17.5 Å². The van der Waals surface area contributed by atoms with Gasteiger partial charge >= 0.3 is 0 Å². The molecular formula is C36H42N6O3. The molecule has 0 bridgehead atoms. The number of anilines is 2. The number of piperazine rings is 1. The van der Waals surface area contributed by atoms with Crippen LogP contribution in [0.3, 0.4) is 0 Å². The van der Waals surface area contributed by atoms with E-state index in [0.717, 1.165) is 80.2 Å². The summed E-state index contributed by atoms with van der Waals surface area (Å²) in [7, 11) is 5.37. The molecule has 1 aliphatic carbocycles. The van der Waals surface area contributed by atoms with E-state index in [2.05, 4.69) is 68.9 Å². The first-order valence-electron chi connectivity index (χ1n) is 15.7. The second-order valence-electron chi connectivity index (χ2n) is 11.9. The molecule has 1 fully saturated rings. The van der Waals surface area contributed by atoms with E-state index >= 15 is 0 Å². The van der Waals surface area contributed by atoms with Crippen molar-refractivity contribution in [2.75, 3.05) is 71.2 Å². The Balaban J connectivity index is 1.09. The van der Waals surface area contributed by atoms with Crippen LogP contribution in [0.15, 0.2) is 72.9 Å². The van der Waals surface area contributed by atoms with Gasteiger partial charge in [0.05, 0.1) is 26.3 Å². The maximum atomic E-state index is 12.8. The smallest absolute Gasteiger partial charge is 0.228 e. The van der Waals surface area contributed by atoms with Crippen LogP contribution in [0.25, 0.3) is 11.3 Å². The number of carbonyl (C=O) groups is 1. The van der Waals surface area contributed by atoms with Crippen LogP contribution < -0.4 is 20.1 Å². The van der Waals surface area contributed by atoms with Crippen molar-refractivity contribution in [1.82, 2.24) is 19.8 Å². The van der Waals surface area contributed by atoms with Crippen LogP contribution in [-0.2, 0) is 17.6 Å². The van der Waals surface area contributed by atoms with Crippen molar-refractivity contribution in [2.24, 2.45) is 0 Å². The maximum absolute atomic E-state index is 12.8. The lowest BCUT2D eigenvalue weighted by molar-refractivity contribution is -0.115. The van der Waals surface area contributed by atoms with Crippen LogP contribution in [0.4, 0.5) is 11.6 Å². The van der Waals surface area contributed by atoms with Crippen molar-refractivity contribution in [3.8, 4) is 22.8 Å². The highest BCUT2D eigenvalue weighted by molar-refractivity contribution is 5.92. The van der Waals surface area contributed by atoms with Gasteiger partial charge in [-0.3, -0.25) is 4.79 Å². The van der Waals surface area contributed by atoms with Crippen LogP contribution in [0, 0.1) is 0 Å². The second-order valence-corrected chi connectivity index (χ2v) is 11.9. The van der Waals surface area contributed by atoms with Gasteiger partial charge in [-0.25, -0.2) is 9.97 Å².